The van der Waals surface area contributed by atoms with E-state index in [-0.39, 0.29) is 5.56 Å². The van der Waals surface area contributed by atoms with Gasteiger partial charge in [-0.15, -0.1) is 0 Å². The zero-order valence-electron chi connectivity index (χ0n) is 21.0. The van der Waals surface area contributed by atoms with E-state index in [1.807, 2.05) is 22.6 Å². The molecule has 0 fully saturated rings. The molecule has 0 unspecified atom stereocenters. The van der Waals surface area contributed by atoms with Gasteiger partial charge >= 0.3 is 0 Å². The molecule has 2 heteroatoms. The normalized spacial score (nSPS) is 12.2. The zero-order valence-corrected chi connectivity index (χ0v) is 21.0. The van der Waals surface area contributed by atoms with Crippen LogP contribution < -0.4 is 5.56 Å². The third-order valence-corrected chi connectivity index (χ3v) is 8.52. The number of rotatable bonds is 1. The number of para-hydroxylation sites is 1. The number of pyridine rings is 1. The molecule has 2 aromatic heterocycles. The lowest BCUT2D eigenvalue weighted by Gasteiger charge is -2.12. The molecule has 0 atom stereocenters. The summed E-state index contributed by atoms with van der Waals surface area (Å²) < 4.78 is 1.91. The number of hydrogen-bond acceptors (Lipinski definition) is 1. The molecule has 7 aromatic carbocycles. The first-order valence-corrected chi connectivity index (χ1v) is 13.3. The van der Waals surface area contributed by atoms with E-state index in [1.165, 1.54) is 37.9 Å². The fourth-order valence-electron chi connectivity index (χ4n) is 6.79. The van der Waals surface area contributed by atoms with E-state index in [4.69, 9.17) is 0 Å². The van der Waals surface area contributed by atoms with Crippen LogP contribution in [-0.2, 0) is 0 Å². The van der Waals surface area contributed by atoms with E-state index < -0.39 is 0 Å². The number of benzene rings is 7. The van der Waals surface area contributed by atoms with Crippen LogP contribution in [0.4, 0.5) is 0 Å². The van der Waals surface area contributed by atoms with Crippen molar-refractivity contribution in [2.45, 2.75) is 0 Å². The van der Waals surface area contributed by atoms with E-state index >= 15 is 0 Å². The Balaban J connectivity index is 1.37. The van der Waals surface area contributed by atoms with Crippen LogP contribution in [0.3, 0.4) is 0 Å². The van der Waals surface area contributed by atoms with Crippen LogP contribution in [0.2, 0.25) is 0 Å². The Hall–Kier alpha value is -5.21. The fourth-order valence-corrected chi connectivity index (χ4v) is 6.79. The maximum atomic E-state index is 13.7. The van der Waals surface area contributed by atoms with Gasteiger partial charge in [-0.2, -0.15) is 0 Å². The lowest BCUT2D eigenvalue weighted by atomic mass is 9.92. The van der Waals surface area contributed by atoms with Gasteiger partial charge < -0.3 is 0 Å². The second-order valence-corrected chi connectivity index (χ2v) is 10.5. The van der Waals surface area contributed by atoms with Crippen molar-refractivity contribution in [3.05, 3.63) is 138 Å². The van der Waals surface area contributed by atoms with Crippen molar-refractivity contribution < 1.29 is 0 Å². The molecule has 9 rings (SSSR count). The summed E-state index contributed by atoms with van der Waals surface area (Å²) in [5.41, 5.74) is 4.32. The van der Waals surface area contributed by atoms with Crippen LogP contribution in [0.25, 0.3) is 81.4 Å². The van der Waals surface area contributed by atoms with Crippen molar-refractivity contribution in [3.63, 3.8) is 0 Å². The number of aromatic nitrogens is 1. The van der Waals surface area contributed by atoms with Gasteiger partial charge in [0, 0.05) is 21.5 Å². The summed E-state index contributed by atoms with van der Waals surface area (Å²) in [6, 6.07) is 45.0. The van der Waals surface area contributed by atoms with E-state index in [9.17, 15) is 4.79 Å². The Bertz CT molecular complexity index is 2480. The summed E-state index contributed by atoms with van der Waals surface area (Å²) in [6.45, 7) is 0. The fraction of sp³-hybridized carbons (Fsp3) is 0. The van der Waals surface area contributed by atoms with Gasteiger partial charge in [0.25, 0.3) is 5.56 Å². The molecule has 0 bridgehead atoms. The minimum atomic E-state index is 0.0427. The highest BCUT2D eigenvalue weighted by atomic mass is 16.1. The third kappa shape index (κ3) is 2.68. The van der Waals surface area contributed by atoms with Crippen molar-refractivity contribution in [3.8, 4) is 11.1 Å². The van der Waals surface area contributed by atoms with Crippen LogP contribution in [0.5, 0.6) is 0 Å². The molecule has 0 aliphatic heterocycles. The smallest absolute Gasteiger partial charge is 0.263 e. The average Bonchev–Trinajstić information content (AvgIpc) is 3.34. The van der Waals surface area contributed by atoms with Gasteiger partial charge in [0.1, 0.15) is 0 Å². The molecule has 9 aromatic rings. The second-order valence-electron chi connectivity index (χ2n) is 10.5. The van der Waals surface area contributed by atoms with Crippen molar-refractivity contribution in [2.24, 2.45) is 0 Å². The maximum absolute atomic E-state index is 13.7. The monoisotopic (exact) mass is 495 g/mol. The summed E-state index contributed by atoms with van der Waals surface area (Å²) in [5, 5.41) is 12.7. The highest BCUT2D eigenvalue weighted by Gasteiger charge is 2.17. The molecular weight excluding hydrogens is 474 g/mol. The SMILES string of the molecule is O=c1c2ccccc2c2cccc3c4cc(-c5ccc6c7ccccc7c7ccccc7c6c5)ccc4n1c23. The Labute approximate surface area is 223 Å². The van der Waals surface area contributed by atoms with Gasteiger partial charge in [0.2, 0.25) is 0 Å². The van der Waals surface area contributed by atoms with E-state index in [2.05, 4.69) is 109 Å². The Morgan fingerprint density at radius 2 is 0.795 bits per heavy atom. The van der Waals surface area contributed by atoms with Crippen molar-refractivity contribution in [1.82, 2.24) is 4.40 Å². The maximum Gasteiger partial charge on any atom is 0.263 e. The van der Waals surface area contributed by atoms with Gasteiger partial charge in [-0.1, -0.05) is 103 Å². The molecule has 0 aliphatic carbocycles. The third-order valence-electron chi connectivity index (χ3n) is 8.52. The van der Waals surface area contributed by atoms with Gasteiger partial charge in [-0.3, -0.25) is 9.20 Å². The topological polar surface area (TPSA) is 21.5 Å². The Morgan fingerprint density at radius 3 is 1.44 bits per heavy atom. The average molecular weight is 496 g/mol. The van der Waals surface area contributed by atoms with Crippen LogP contribution >= 0.6 is 0 Å². The van der Waals surface area contributed by atoms with Gasteiger partial charge in [0.15, 0.2) is 0 Å². The minimum absolute atomic E-state index is 0.0427. The Morgan fingerprint density at radius 1 is 0.359 bits per heavy atom. The molecule has 0 aliphatic rings. The number of nitrogens with zero attached hydrogens (tertiary/aromatic N) is 1. The molecule has 39 heavy (non-hydrogen) atoms. The van der Waals surface area contributed by atoms with E-state index in [1.54, 1.807) is 0 Å². The lowest BCUT2D eigenvalue weighted by Crippen LogP contribution is -2.12. The predicted octanol–water partition coefficient (Wildman–Crippen LogP) is 9.32. The van der Waals surface area contributed by atoms with E-state index in [0.717, 1.165) is 43.5 Å². The second kappa shape index (κ2) is 7.43. The van der Waals surface area contributed by atoms with Gasteiger partial charge in [-0.05, 0) is 73.1 Å². The molecule has 0 saturated carbocycles. The summed E-state index contributed by atoms with van der Waals surface area (Å²) in [4.78, 5) is 13.7. The molecular formula is C37H21NO. The van der Waals surface area contributed by atoms with Crippen molar-refractivity contribution in [1.29, 1.82) is 0 Å². The molecule has 180 valence electrons. The van der Waals surface area contributed by atoms with Crippen molar-refractivity contribution in [2.75, 3.05) is 0 Å². The minimum Gasteiger partial charge on any atom is -0.275 e. The highest BCUT2D eigenvalue weighted by molar-refractivity contribution is 6.26. The summed E-state index contributed by atoms with van der Waals surface area (Å²) in [7, 11) is 0. The zero-order chi connectivity index (χ0) is 25.7. The van der Waals surface area contributed by atoms with Crippen LogP contribution in [0.1, 0.15) is 0 Å². The molecule has 0 N–H and O–H groups in total. The molecule has 2 nitrogen and oxygen atoms in total. The van der Waals surface area contributed by atoms with Gasteiger partial charge in [0.05, 0.1) is 11.0 Å². The van der Waals surface area contributed by atoms with E-state index in [0.29, 0.717) is 0 Å². The summed E-state index contributed by atoms with van der Waals surface area (Å²) in [6.07, 6.45) is 0. The number of fused-ring (bicyclic) bond motifs is 11. The molecule has 0 spiro atoms. The molecule has 2 heterocycles. The van der Waals surface area contributed by atoms with Gasteiger partial charge in [-0.25, -0.2) is 0 Å². The van der Waals surface area contributed by atoms with Crippen molar-refractivity contribution >= 4 is 70.3 Å². The largest absolute Gasteiger partial charge is 0.275 e. The predicted molar refractivity (Wildman–Crippen MR) is 165 cm³/mol. The lowest BCUT2D eigenvalue weighted by molar-refractivity contribution is 1.21. The Kier molecular flexibility index (Phi) is 3.96. The summed E-state index contributed by atoms with van der Waals surface area (Å²) in [5.74, 6) is 0. The first-order chi connectivity index (χ1) is 19.3. The molecule has 0 saturated heterocycles. The quantitative estimate of drug-likeness (QED) is 0.208. The molecule has 0 radical (unpaired) electrons. The first kappa shape index (κ1) is 20.8. The van der Waals surface area contributed by atoms with Crippen LogP contribution in [-0.4, -0.2) is 4.40 Å². The summed E-state index contributed by atoms with van der Waals surface area (Å²) >= 11 is 0. The first-order valence-electron chi connectivity index (χ1n) is 13.3. The molecule has 0 amide bonds. The standard InChI is InChI=1S/C37H21NO/c39-37-32-13-6-5-12-28(32)30-14-7-15-31-34-21-23(17-19-35(34)38(37)36(30)31)22-16-18-29-26-10-2-1-8-24(26)25-9-3-4-11-27(25)33(29)20-22/h1-21H. The van der Waals surface area contributed by atoms with Crippen LogP contribution in [0.15, 0.2) is 132 Å². The van der Waals surface area contributed by atoms with Crippen LogP contribution in [0, 0.1) is 0 Å². The highest BCUT2D eigenvalue weighted by Crippen LogP contribution is 2.39. The number of hydrogen-bond donors (Lipinski definition) is 0.